The maximum Gasteiger partial charge on any atom is 0.350 e. The fourth-order valence-corrected chi connectivity index (χ4v) is 3.62. The van der Waals surface area contributed by atoms with Gasteiger partial charge in [-0.15, -0.1) is 11.3 Å². The average Bonchev–Trinajstić information content (AvgIpc) is 2.81. The Hall–Kier alpha value is -1.66. The van der Waals surface area contributed by atoms with Crippen LogP contribution in [-0.2, 0) is 9.53 Å². The number of halogens is 2. The van der Waals surface area contributed by atoms with Gasteiger partial charge in [0.1, 0.15) is 10.7 Å². The van der Waals surface area contributed by atoms with Gasteiger partial charge in [-0.25, -0.2) is 9.18 Å². The number of fused-ring (bicyclic) bond motifs is 1. The third-order valence-corrected chi connectivity index (χ3v) is 4.88. The van der Waals surface area contributed by atoms with Crippen LogP contribution in [0, 0.1) is 5.82 Å². The Labute approximate surface area is 142 Å². The maximum atomic E-state index is 13.2. The maximum absolute atomic E-state index is 13.2. The van der Waals surface area contributed by atoms with E-state index in [-0.39, 0.29) is 28.5 Å². The number of hydrogen-bond donors (Lipinski definition) is 1. The molecule has 0 aliphatic rings. The average molecular weight is 358 g/mol. The van der Waals surface area contributed by atoms with Crippen LogP contribution in [0.5, 0.6) is 0 Å². The highest BCUT2D eigenvalue weighted by atomic mass is 35.5. The Balaban J connectivity index is 2.01. The number of carbonyl (C=O) groups excluding carboxylic acids is 2. The molecule has 1 heterocycles. The van der Waals surface area contributed by atoms with Crippen molar-refractivity contribution in [3.8, 4) is 0 Å². The largest absolute Gasteiger partial charge is 0.451 e. The highest BCUT2D eigenvalue weighted by molar-refractivity contribution is 7.21. The number of carbonyl (C=O) groups is 2. The van der Waals surface area contributed by atoms with Gasteiger partial charge in [-0.3, -0.25) is 4.79 Å². The summed E-state index contributed by atoms with van der Waals surface area (Å²) < 4.78 is 18.8. The number of rotatable bonds is 6. The van der Waals surface area contributed by atoms with E-state index in [4.69, 9.17) is 16.3 Å². The van der Waals surface area contributed by atoms with E-state index < -0.39 is 11.8 Å². The standard InChI is InChI=1S/C16H17ClFNO3S/c1-3-4-9(2)19-13(20)8-22-16(21)15-14(17)11-6-5-10(18)7-12(11)23-15/h5-7,9H,3-4,8H2,1-2H3,(H,19,20)/t9-/m0/s1. The highest BCUT2D eigenvalue weighted by Gasteiger charge is 2.20. The van der Waals surface area contributed by atoms with Gasteiger partial charge in [0.05, 0.1) is 5.02 Å². The lowest BCUT2D eigenvalue weighted by Crippen LogP contribution is -2.35. The summed E-state index contributed by atoms with van der Waals surface area (Å²) in [5.74, 6) is -1.45. The molecule has 0 unspecified atom stereocenters. The summed E-state index contributed by atoms with van der Waals surface area (Å²) in [7, 11) is 0. The quantitative estimate of drug-likeness (QED) is 0.790. The van der Waals surface area contributed by atoms with Crippen LogP contribution in [-0.4, -0.2) is 24.5 Å². The molecule has 0 bridgehead atoms. The molecule has 1 atom stereocenters. The third kappa shape index (κ3) is 4.42. The summed E-state index contributed by atoms with van der Waals surface area (Å²) in [6.45, 7) is 3.54. The number of benzene rings is 1. The highest BCUT2D eigenvalue weighted by Crippen LogP contribution is 2.36. The Morgan fingerprint density at radius 3 is 2.87 bits per heavy atom. The topological polar surface area (TPSA) is 55.4 Å². The summed E-state index contributed by atoms with van der Waals surface area (Å²) in [4.78, 5) is 23.9. The van der Waals surface area contributed by atoms with Crippen LogP contribution < -0.4 is 5.32 Å². The molecule has 4 nitrogen and oxygen atoms in total. The number of thiophene rings is 1. The summed E-state index contributed by atoms with van der Waals surface area (Å²) in [5, 5.41) is 3.55. The summed E-state index contributed by atoms with van der Waals surface area (Å²) >= 11 is 7.17. The molecule has 1 amide bonds. The fraction of sp³-hybridized carbons (Fsp3) is 0.375. The van der Waals surface area contributed by atoms with Crippen LogP contribution in [0.4, 0.5) is 4.39 Å². The lowest BCUT2D eigenvalue weighted by atomic mass is 10.2. The lowest BCUT2D eigenvalue weighted by molar-refractivity contribution is -0.124. The first-order valence-corrected chi connectivity index (χ1v) is 8.45. The van der Waals surface area contributed by atoms with Gasteiger partial charge in [-0.1, -0.05) is 24.9 Å². The molecule has 0 saturated carbocycles. The molecule has 0 fully saturated rings. The first-order valence-electron chi connectivity index (χ1n) is 7.26. The van der Waals surface area contributed by atoms with Crippen molar-refractivity contribution in [2.75, 3.05) is 6.61 Å². The van der Waals surface area contributed by atoms with Gasteiger partial charge >= 0.3 is 5.97 Å². The number of ether oxygens (including phenoxy) is 1. The summed E-state index contributed by atoms with van der Waals surface area (Å²) in [6.07, 6.45) is 1.81. The summed E-state index contributed by atoms with van der Waals surface area (Å²) in [5.41, 5.74) is 0. The Morgan fingerprint density at radius 1 is 1.43 bits per heavy atom. The molecule has 7 heteroatoms. The number of nitrogens with one attached hydrogen (secondary N) is 1. The molecule has 23 heavy (non-hydrogen) atoms. The van der Waals surface area contributed by atoms with Crippen molar-refractivity contribution in [1.29, 1.82) is 0 Å². The van der Waals surface area contributed by atoms with Crippen molar-refractivity contribution in [2.45, 2.75) is 32.7 Å². The molecule has 0 saturated heterocycles. The van der Waals surface area contributed by atoms with Crippen LogP contribution in [0.2, 0.25) is 5.02 Å². The van der Waals surface area contributed by atoms with E-state index in [0.29, 0.717) is 10.1 Å². The Kier molecular flexibility index (Phi) is 5.96. The van der Waals surface area contributed by atoms with Gasteiger partial charge in [0.15, 0.2) is 6.61 Å². The van der Waals surface area contributed by atoms with Crippen molar-refractivity contribution in [3.63, 3.8) is 0 Å². The molecule has 1 aromatic heterocycles. The SMILES string of the molecule is CCC[C@H](C)NC(=O)COC(=O)c1sc2cc(F)ccc2c1Cl. The van der Waals surface area contributed by atoms with Crippen molar-refractivity contribution in [1.82, 2.24) is 5.32 Å². The Morgan fingerprint density at radius 2 is 2.17 bits per heavy atom. The first kappa shape index (κ1) is 17.7. The molecule has 1 aromatic carbocycles. The molecule has 124 valence electrons. The van der Waals surface area contributed by atoms with Crippen molar-refractivity contribution < 1.29 is 18.7 Å². The van der Waals surface area contributed by atoms with Crippen LogP contribution in [0.3, 0.4) is 0 Å². The van der Waals surface area contributed by atoms with Gasteiger partial charge in [-0.05, 0) is 31.5 Å². The monoisotopic (exact) mass is 357 g/mol. The lowest BCUT2D eigenvalue weighted by Gasteiger charge is -2.12. The zero-order valence-corrected chi connectivity index (χ0v) is 14.4. The molecular weight excluding hydrogens is 341 g/mol. The fourth-order valence-electron chi connectivity index (χ4n) is 2.19. The van der Waals surface area contributed by atoms with Gasteiger partial charge in [-0.2, -0.15) is 0 Å². The van der Waals surface area contributed by atoms with E-state index in [1.807, 2.05) is 13.8 Å². The second kappa shape index (κ2) is 7.75. The Bertz CT molecular complexity index is 731. The number of esters is 1. The smallest absolute Gasteiger partial charge is 0.350 e. The van der Waals surface area contributed by atoms with Crippen LogP contribution in [0.25, 0.3) is 10.1 Å². The van der Waals surface area contributed by atoms with Gasteiger partial charge in [0, 0.05) is 16.1 Å². The summed E-state index contributed by atoms with van der Waals surface area (Å²) in [6, 6.07) is 4.13. The van der Waals surface area contributed by atoms with Crippen molar-refractivity contribution >= 4 is 44.9 Å². The van der Waals surface area contributed by atoms with E-state index in [1.165, 1.54) is 18.2 Å². The van der Waals surface area contributed by atoms with Crippen LogP contribution in [0.15, 0.2) is 18.2 Å². The number of hydrogen-bond acceptors (Lipinski definition) is 4. The molecule has 0 aliphatic carbocycles. The van der Waals surface area contributed by atoms with Crippen LogP contribution >= 0.6 is 22.9 Å². The van der Waals surface area contributed by atoms with Crippen molar-refractivity contribution in [3.05, 3.63) is 33.9 Å². The molecule has 2 rings (SSSR count). The van der Waals surface area contributed by atoms with E-state index >= 15 is 0 Å². The zero-order chi connectivity index (χ0) is 17.0. The van der Waals surface area contributed by atoms with Gasteiger partial charge < -0.3 is 10.1 Å². The van der Waals surface area contributed by atoms with E-state index in [0.717, 1.165) is 24.2 Å². The minimum absolute atomic E-state index is 0.0297. The first-order chi connectivity index (χ1) is 10.9. The molecule has 0 spiro atoms. The normalized spacial score (nSPS) is 12.2. The third-order valence-electron chi connectivity index (χ3n) is 3.24. The molecular formula is C16H17ClFNO3S. The van der Waals surface area contributed by atoms with Crippen molar-refractivity contribution in [2.24, 2.45) is 0 Å². The molecule has 2 aromatic rings. The molecule has 0 radical (unpaired) electrons. The van der Waals surface area contributed by atoms with E-state index in [2.05, 4.69) is 5.32 Å². The van der Waals surface area contributed by atoms with E-state index in [9.17, 15) is 14.0 Å². The minimum atomic E-state index is -0.685. The zero-order valence-electron chi connectivity index (χ0n) is 12.8. The minimum Gasteiger partial charge on any atom is -0.451 e. The van der Waals surface area contributed by atoms with E-state index in [1.54, 1.807) is 0 Å². The molecule has 0 aliphatic heterocycles. The van der Waals surface area contributed by atoms with Crippen LogP contribution in [0.1, 0.15) is 36.4 Å². The predicted octanol–water partition coefficient (Wildman–Crippen LogP) is 4.16. The van der Waals surface area contributed by atoms with Gasteiger partial charge in [0.25, 0.3) is 5.91 Å². The van der Waals surface area contributed by atoms with Gasteiger partial charge in [0.2, 0.25) is 0 Å². The second-order valence-corrected chi connectivity index (χ2v) is 6.65. The second-order valence-electron chi connectivity index (χ2n) is 5.22. The predicted molar refractivity (Wildman–Crippen MR) is 89.6 cm³/mol. The number of amides is 1. The molecule has 1 N–H and O–H groups in total.